The van der Waals surface area contributed by atoms with Crippen LogP contribution in [0.2, 0.25) is 0 Å². The number of hydrogen-bond donors (Lipinski definition) is 1. The summed E-state index contributed by atoms with van der Waals surface area (Å²) in [4.78, 5) is 24.7. The summed E-state index contributed by atoms with van der Waals surface area (Å²) in [5.41, 5.74) is 0.603. The number of Topliss-reactive ketones (excluding diaryl/α,β-unsaturated/α-hetero) is 1. The number of carbonyl (C=O) groups excluding carboxylic acids is 2. The summed E-state index contributed by atoms with van der Waals surface area (Å²) in [6.07, 6.45) is -6.52. The number of benzene rings is 1. The van der Waals surface area contributed by atoms with Gasteiger partial charge in [-0.05, 0) is 45.4 Å². The Morgan fingerprint density at radius 2 is 1.96 bits per heavy atom. The van der Waals surface area contributed by atoms with Crippen LogP contribution in [0.1, 0.15) is 39.7 Å². The van der Waals surface area contributed by atoms with Gasteiger partial charge in [-0.1, -0.05) is 6.07 Å². The molecule has 28 heavy (non-hydrogen) atoms. The molecule has 0 spiro atoms. The molecule has 0 fully saturated rings. The van der Waals surface area contributed by atoms with Gasteiger partial charge in [0.25, 0.3) is 0 Å². The molecule has 1 aliphatic heterocycles. The molecule has 0 aliphatic carbocycles. The highest BCUT2D eigenvalue weighted by atomic mass is 19.4. The molecule has 1 atom stereocenters. The fourth-order valence-corrected chi connectivity index (χ4v) is 2.59. The van der Waals surface area contributed by atoms with Gasteiger partial charge >= 0.3 is 12.3 Å². The Morgan fingerprint density at radius 3 is 2.57 bits per heavy atom. The molecule has 1 heterocycles. The predicted octanol–water partition coefficient (Wildman–Crippen LogP) is 4.14. The predicted molar refractivity (Wildman–Crippen MR) is 97.3 cm³/mol. The molecule has 156 valence electrons. The van der Waals surface area contributed by atoms with Crippen molar-refractivity contribution in [1.29, 1.82) is 0 Å². The Hall–Kier alpha value is -2.45. The van der Waals surface area contributed by atoms with Crippen LogP contribution in [0, 0.1) is 0 Å². The van der Waals surface area contributed by atoms with E-state index >= 15 is 0 Å². The topological polar surface area (TPSA) is 67.9 Å². The van der Waals surface area contributed by atoms with Gasteiger partial charge < -0.3 is 19.7 Å². The fourth-order valence-electron chi connectivity index (χ4n) is 2.59. The van der Waals surface area contributed by atoms with Crippen molar-refractivity contribution in [2.45, 2.75) is 58.5 Å². The maximum Gasteiger partial charge on any atom is 0.450 e. The Balaban J connectivity index is 2.14. The molecule has 1 aliphatic rings. The third-order valence-electron chi connectivity index (χ3n) is 3.90. The molecular formula is C19H25F3N2O4. The summed E-state index contributed by atoms with van der Waals surface area (Å²) in [6.45, 7) is 7.12. The van der Waals surface area contributed by atoms with Crippen LogP contribution in [0.15, 0.2) is 18.2 Å². The number of carbonyl (C=O) groups is 2. The lowest BCUT2D eigenvalue weighted by Crippen LogP contribution is -2.38. The van der Waals surface area contributed by atoms with E-state index in [1.165, 1.54) is 0 Å². The van der Waals surface area contributed by atoms with E-state index in [-0.39, 0.29) is 12.6 Å². The normalized spacial score (nSPS) is 16.5. The lowest BCUT2D eigenvalue weighted by molar-refractivity contribution is -0.171. The molecule has 0 radical (unpaired) electrons. The van der Waals surface area contributed by atoms with Crippen molar-refractivity contribution >= 4 is 17.6 Å². The van der Waals surface area contributed by atoms with Gasteiger partial charge in [0.1, 0.15) is 17.5 Å². The van der Waals surface area contributed by atoms with Gasteiger partial charge in [0, 0.05) is 19.5 Å². The number of nitrogens with one attached hydrogen (secondary N) is 1. The highest BCUT2D eigenvalue weighted by molar-refractivity contribution is 5.84. The van der Waals surface area contributed by atoms with Gasteiger partial charge in [0.2, 0.25) is 5.78 Å². The van der Waals surface area contributed by atoms with Crippen molar-refractivity contribution in [2.24, 2.45) is 0 Å². The number of amides is 1. The van der Waals surface area contributed by atoms with Gasteiger partial charge in [0.15, 0.2) is 0 Å². The molecule has 0 saturated carbocycles. The molecule has 1 N–H and O–H groups in total. The highest BCUT2D eigenvalue weighted by Crippen LogP contribution is 2.30. The number of ketones is 1. The van der Waals surface area contributed by atoms with E-state index in [1.807, 2.05) is 6.92 Å². The van der Waals surface area contributed by atoms with Crippen LogP contribution in [0.3, 0.4) is 0 Å². The first-order chi connectivity index (χ1) is 12.8. The molecule has 1 aromatic rings. The van der Waals surface area contributed by atoms with Crippen molar-refractivity contribution in [3.05, 3.63) is 23.8 Å². The average Bonchev–Trinajstić information content (AvgIpc) is 2.55. The smallest absolute Gasteiger partial charge is 0.450 e. The Bertz CT molecular complexity index is 729. The van der Waals surface area contributed by atoms with Gasteiger partial charge in [-0.3, -0.25) is 4.79 Å². The van der Waals surface area contributed by atoms with Crippen LogP contribution in [-0.2, 0) is 16.1 Å². The van der Waals surface area contributed by atoms with Gasteiger partial charge in [0.05, 0.1) is 12.2 Å². The Labute approximate surface area is 162 Å². The van der Waals surface area contributed by atoms with Crippen molar-refractivity contribution in [3.8, 4) is 5.75 Å². The Kier molecular flexibility index (Phi) is 6.46. The second-order valence-corrected chi connectivity index (χ2v) is 7.71. The SMILES string of the molecule is C[C@@H]1CNc2cc(CN(CCC(=O)C(F)(F)F)C(=O)OC(C)(C)C)ccc2O1. The zero-order valence-electron chi connectivity index (χ0n) is 16.4. The highest BCUT2D eigenvalue weighted by Gasteiger charge is 2.38. The standard InChI is InChI=1S/C19H25F3N2O4/c1-12-10-23-14-9-13(5-6-15(14)27-12)11-24(17(26)28-18(2,3)4)8-7-16(25)19(20,21)22/h5-6,9,12,23H,7-8,10-11H2,1-4H3/t12-/m1/s1. The average molecular weight is 402 g/mol. The number of anilines is 1. The first-order valence-electron chi connectivity index (χ1n) is 8.96. The van der Waals surface area contributed by atoms with E-state index in [4.69, 9.17) is 9.47 Å². The van der Waals surface area contributed by atoms with E-state index in [0.29, 0.717) is 17.9 Å². The van der Waals surface area contributed by atoms with Crippen LogP contribution in [0.25, 0.3) is 0 Å². The lowest BCUT2D eigenvalue weighted by Gasteiger charge is -2.28. The van der Waals surface area contributed by atoms with E-state index in [2.05, 4.69) is 5.32 Å². The Morgan fingerprint density at radius 1 is 1.29 bits per heavy atom. The van der Waals surface area contributed by atoms with Crippen molar-refractivity contribution in [1.82, 2.24) is 4.90 Å². The number of halogens is 3. The van der Waals surface area contributed by atoms with Crippen LogP contribution in [-0.4, -0.2) is 47.7 Å². The quantitative estimate of drug-likeness (QED) is 0.802. The first kappa shape index (κ1) is 21.8. The summed E-state index contributed by atoms with van der Waals surface area (Å²) in [5, 5.41) is 3.20. The zero-order chi connectivity index (χ0) is 21.1. The van der Waals surface area contributed by atoms with E-state index < -0.39 is 36.6 Å². The molecule has 9 heteroatoms. The second kappa shape index (κ2) is 8.28. The fraction of sp³-hybridized carbons (Fsp3) is 0.579. The molecule has 1 amide bonds. The molecule has 0 aromatic heterocycles. The van der Waals surface area contributed by atoms with Crippen LogP contribution in [0.4, 0.5) is 23.7 Å². The van der Waals surface area contributed by atoms with Gasteiger partial charge in [-0.15, -0.1) is 0 Å². The molecule has 1 aromatic carbocycles. The zero-order valence-corrected chi connectivity index (χ0v) is 16.4. The maximum absolute atomic E-state index is 12.5. The number of hydrogen-bond acceptors (Lipinski definition) is 5. The monoisotopic (exact) mass is 402 g/mol. The molecule has 2 rings (SSSR count). The molecule has 0 unspecified atom stereocenters. The lowest BCUT2D eigenvalue weighted by atomic mass is 10.1. The van der Waals surface area contributed by atoms with Gasteiger partial charge in [-0.2, -0.15) is 13.2 Å². The number of nitrogens with zero attached hydrogens (tertiary/aromatic N) is 1. The maximum atomic E-state index is 12.5. The van der Waals surface area contributed by atoms with E-state index in [1.54, 1.807) is 39.0 Å². The van der Waals surface area contributed by atoms with Crippen molar-refractivity contribution in [3.63, 3.8) is 0 Å². The van der Waals surface area contributed by atoms with E-state index in [0.717, 1.165) is 10.6 Å². The minimum Gasteiger partial charge on any atom is -0.487 e. The van der Waals surface area contributed by atoms with E-state index in [9.17, 15) is 22.8 Å². The third kappa shape index (κ3) is 6.31. The number of ether oxygens (including phenoxy) is 2. The largest absolute Gasteiger partial charge is 0.487 e. The van der Waals surface area contributed by atoms with Crippen LogP contribution in [0.5, 0.6) is 5.75 Å². The van der Waals surface area contributed by atoms with Crippen molar-refractivity contribution < 1.29 is 32.2 Å². The molecule has 0 saturated heterocycles. The summed E-state index contributed by atoms with van der Waals surface area (Å²) >= 11 is 0. The summed E-state index contributed by atoms with van der Waals surface area (Å²) < 4.78 is 48.5. The third-order valence-corrected chi connectivity index (χ3v) is 3.90. The van der Waals surface area contributed by atoms with Crippen LogP contribution >= 0.6 is 0 Å². The molecule has 0 bridgehead atoms. The van der Waals surface area contributed by atoms with Gasteiger partial charge in [-0.25, -0.2) is 4.79 Å². The second-order valence-electron chi connectivity index (χ2n) is 7.71. The minimum absolute atomic E-state index is 0.00453. The summed E-state index contributed by atoms with van der Waals surface area (Å²) in [6, 6.07) is 5.23. The van der Waals surface area contributed by atoms with Crippen LogP contribution < -0.4 is 10.1 Å². The summed E-state index contributed by atoms with van der Waals surface area (Å²) in [7, 11) is 0. The molecular weight excluding hydrogens is 377 g/mol. The number of alkyl halides is 3. The number of fused-ring (bicyclic) bond motifs is 1. The summed E-state index contributed by atoms with van der Waals surface area (Å²) in [5.74, 6) is -1.21. The minimum atomic E-state index is -4.93. The first-order valence-corrected chi connectivity index (χ1v) is 8.96. The molecule has 6 nitrogen and oxygen atoms in total. The number of rotatable bonds is 5. The van der Waals surface area contributed by atoms with Crippen molar-refractivity contribution in [2.75, 3.05) is 18.4 Å².